The number of carboxylic acid groups (broad SMARTS) is 2. The van der Waals surface area contributed by atoms with Crippen molar-refractivity contribution < 1.29 is 48.0 Å². The first-order valence-corrected chi connectivity index (χ1v) is 10.9. The highest BCUT2D eigenvalue weighted by atomic mass is 16.5. The first-order valence-electron chi connectivity index (χ1n) is 10.9. The molecule has 0 saturated heterocycles. The number of ether oxygens (including phenoxy) is 4. The van der Waals surface area contributed by atoms with Crippen LogP contribution in [0.4, 0.5) is 0 Å². The highest BCUT2D eigenvalue weighted by molar-refractivity contribution is 5.91. The number of fused-ring (bicyclic) bond motifs is 1. The van der Waals surface area contributed by atoms with E-state index >= 15 is 0 Å². The van der Waals surface area contributed by atoms with Gasteiger partial charge in [-0.25, -0.2) is 14.4 Å². The molecule has 1 unspecified atom stereocenters. The van der Waals surface area contributed by atoms with Crippen LogP contribution in [0.3, 0.4) is 0 Å². The lowest BCUT2D eigenvalue weighted by atomic mass is 9.79. The number of benzene rings is 1. The Kier molecular flexibility index (Phi) is 9.92. The maximum Gasteiger partial charge on any atom is 0.338 e. The number of nitrogens with zero attached hydrogens (tertiary/aromatic N) is 1. The fourth-order valence-electron chi connectivity index (χ4n) is 3.98. The zero-order valence-electron chi connectivity index (χ0n) is 20.9. The molecular weight excluding hydrogens is 474 g/mol. The van der Waals surface area contributed by atoms with E-state index < -0.39 is 23.4 Å². The largest absolute Gasteiger partial charge is 0.493 e. The number of hydrogen-bond acceptors (Lipinski definition) is 9. The minimum atomic E-state index is -1.26. The maximum atomic E-state index is 12.8. The van der Waals surface area contributed by atoms with Gasteiger partial charge in [0.25, 0.3) is 0 Å². The second kappa shape index (κ2) is 12.6. The van der Waals surface area contributed by atoms with E-state index in [1.54, 1.807) is 18.4 Å². The van der Waals surface area contributed by atoms with Crippen molar-refractivity contribution >= 4 is 17.9 Å². The van der Waals surface area contributed by atoms with Gasteiger partial charge in [0.05, 0.1) is 38.7 Å². The molecule has 3 rings (SSSR count). The molecule has 11 heteroatoms. The topological polar surface area (TPSA) is 145 Å². The molecule has 2 N–H and O–H groups in total. The van der Waals surface area contributed by atoms with Gasteiger partial charge in [-0.05, 0) is 45.1 Å². The van der Waals surface area contributed by atoms with E-state index in [1.165, 1.54) is 21.3 Å². The molecule has 0 aliphatic heterocycles. The molecule has 0 fully saturated rings. The summed E-state index contributed by atoms with van der Waals surface area (Å²) < 4.78 is 27.3. The maximum absolute atomic E-state index is 12.8. The van der Waals surface area contributed by atoms with E-state index in [2.05, 4.69) is 4.90 Å². The number of esters is 1. The summed E-state index contributed by atoms with van der Waals surface area (Å²) in [6, 6.07) is 5.16. The minimum absolute atomic E-state index is 0.224. The lowest BCUT2D eigenvalue weighted by Gasteiger charge is -2.41. The molecule has 2 aromatic rings. The smallest absolute Gasteiger partial charge is 0.338 e. The summed E-state index contributed by atoms with van der Waals surface area (Å²) in [5.41, 5.74) is 1.02. The number of likely N-dealkylation sites (N-methyl/N-ethyl adjacent to an activating group) is 1. The van der Waals surface area contributed by atoms with Crippen LogP contribution in [0, 0.1) is 0 Å². The van der Waals surface area contributed by atoms with Crippen LogP contribution in [0.1, 0.15) is 34.5 Å². The minimum Gasteiger partial charge on any atom is -0.493 e. The van der Waals surface area contributed by atoms with Gasteiger partial charge in [-0.15, -0.1) is 0 Å². The number of hydrogen-bond donors (Lipinski definition) is 2. The zero-order chi connectivity index (χ0) is 26.9. The molecule has 1 aromatic carbocycles. The number of methoxy groups -OCH3 is 3. The van der Waals surface area contributed by atoms with Gasteiger partial charge in [0.15, 0.2) is 11.5 Å². The molecule has 1 aromatic heterocycles. The lowest BCUT2D eigenvalue weighted by molar-refractivity contribution is -0.134. The van der Waals surface area contributed by atoms with Crippen molar-refractivity contribution in [2.24, 2.45) is 0 Å². The molecule has 36 heavy (non-hydrogen) atoms. The Hall–Kier alpha value is -3.99. The number of carboxylic acids is 2. The second-order valence-corrected chi connectivity index (χ2v) is 8.04. The van der Waals surface area contributed by atoms with Gasteiger partial charge in [-0.2, -0.15) is 0 Å². The zero-order valence-corrected chi connectivity index (χ0v) is 20.9. The van der Waals surface area contributed by atoms with E-state index in [9.17, 15) is 14.4 Å². The van der Waals surface area contributed by atoms with Gasteiger partial charge in [-0.1, -0.05) is 0 Å². The molecule has 1 aliphatic rings. The fraction of sp³-hybridized carbons (Fsp3) is 0.400. The highest BCUT2D eigenvalue weighted by Crippen LogP contribution is 2.41. The summed E-state index contributed by atoms with van der Waals surface area (Å²) in [5, 5.41) is 15.6. The van der Waals surface area contributed by atoms with E-state index in [1.807, 2.05) is 20.2 Å². The Morgan fingerprint density at radius 1 is 1.03 bits per heavy atom. The van der Waals surface area contributed by atoms with Crippen LogP contribution in [0.5, 0.6) is 17.2 Å². The van der Waals surface area contributed by atoms with Gasteiger partial charge in [-0.3, -0.25) is 4.90 Å². The quantitative estimate of drug-likeness (QED) is 0.383. The Bertz CT molecular complexity index is 1060. The first kappa shape index (κ1) is 28.2. The molecular formula is C25H31NO10. The summed E-state index contributed by atoms with van der Waals surface area (Å²) in [6.07, 6.45) is 5.58. The van der Waals surface area contributed by atoms with Crippen molar-refractivity contribution in [1.29, 1.82) is 0 Å². The van der Waals surface area contributed by atoms with Crippen molar-refractivity contribution in [3.8, 4) is 17.2 Å². The summed E-state index contributed by atoms with van der Waals surface area (Å²) in [5.74, 6) is -0.752. The number of carbonyl (C=O) groups is 3. The predicted octanol–water partition coefficient (Wildman–Crippen LogP) is 2.97. The average Bonchev–Trinajstić information content (AvgIpc) is 3.35. The SMILES string of the molecule is COc1cc(C(=O)OCC2(N(C)C)CCCc3occc32)cc(OC)c1OC.O=C(O)/C=C\C(=O)O. The van der Waals surface area contributed by atoms with Crippen LogP contribution in [-0.4, -0.2) is 75.1 Å². The predicted molar refractivity (Wildman–Crippen MR) is 128 cm³/mol. The molecule has 0 bridgehead atoms. The first-order chi connectivity index (χ1) is 17.1. The number of aryl methyl sites for hydroxylation is 1. The molecule has 0 amide bonds. The average molecular weight is 506 g/mol. The molecule has 11 nitrogen and oxygen atoms in total. The molecule has 196 valence electrons. The normalized spacial score (nSPS) is 16.5. The van der Waals surface area contributed by atoms with E-state index in [0.717, 1.165) is 30.6 Å². The Morgan fingerprint density at radius 2 is 1.61 bits per heavy atom. The molecule has 1 heterocycles. The Morgan fingerprint density at radius 3 is 2.08 bits per heavy atom. The van der Waals surface area contributed by atoms with Crippen molar-refractivity contribution in [2.45, 2.75) is 24.8 Å². The standard InChI is InChI=1S/C21H27NO6.C4H4O4/c1-22(2)21(9-6-7-16-15(21)8-10-27-16)13-28-20(23)14-11-17(24-3)19(26-5)18(12-14)25-4;5-3(6)1-2-4(7)8/h8,10-12H,6-7,9,13H2,1-5H3;1-2H,(H,5,6)(H,7,8)/b;2-1-. The molecule has 0 spiro atoms. The molecule has 0 saturated carbocycles. The number of aliphatic carboxylic acids is 2. The number of rotatable bonds is 9. The summed E-state index contributed by atoms with van der Waals surface area (Å²) >= 11 is 0. The van der Waals surface area contributed by atoms with E-state index in [-0.39, 0.29) is 6.61 Å². The van der Waals surface area contributed by atoms with Crippen LogP contribution in [0.25, 0.3) is 0 Å². The van der Waals surface area contributed by atoms with Crippen LogP contribution >= 0.6 is 0 Å². The summed E-state index contributed by atoms with van der Waals surface area (Å²) in [4.78, 5) is 34.0. The Labute approximate surface area is 208 Å². The van der Waals surface area contributed by atoms with Crippen molar-refractivity contribution in [3.05, 3.63) is 53.5 Å². The lowest BCUT2D eigenvalue weighted by Crippen LogP contribution is -2.47. The third kappa shape index (κ3) is 6.57. The van der Waals surface area contributed by atoms with Gasteiger partial charge in [0, 0.05) is 24.1 Å². The van der Waals surface area contributed by atoms with Crippen LogP contribution in [0.15, 0.2) is 41.0 Å². The second-order valence-electron chi connectivity index (χ2n) is 8.04. The number of furan rings is 1. The Balaban J connectivity index is 0.000000493. The molecule has 1 atom stereocenters. The monoisotopic (exact) mass is 505 g/mol. The number of carbonyl (C=O) groups excluding carboxylic acids is 1. The van der Waals surface area contributed by atoms with Crippen LogP contribution < -0.4 is 14.2 Å². The molecule has 0 radical (unpaired) electrons. The summed E-state index contributed by atoms with van der Waals surface area (Å²) in [6.45, 7) is 0.224. The van der Waals surface area contributed by atoms with E-state index in [0.29, 0.717) is 35.0 Å². The highest BCUT2D eigenvalue weighted by Gasteiger charge is 2.41. The van der Waals surface area contributed by atoms with Gasteiger partial charge >= 0.3 is 17.9 Å². The van der Waals surface area contributed by atoms with Gasteiger partial charge in [0.1, 0.15) is 12.4 Å². The van der Waals surface area contributed by atoms with Crippen molar-refractivity contribution in [2.75, 3.05) is 42.0 Å². The van der Waals surface area contributed by atoms with Crippen LogP contribution in [0.2, 0.25) is 0 Å². The van der Waals surface area contributed by atoms with Gasteiger partial charge < -0.3 is 33.6 Å². The van der Waals surface area contributed by atoms with Crippen LogP contribution in [-0.2, 0) is 26.3 Å². The van der Waals surface area contributed by atoms with Crippen molar-refractivity contribution in [3.63, 3.8) is 0 Å². The molecule has 1 aliphatic carbocycles. The van der Waals surface area contributed by atoms with Crippen molar-refractivity contribution in [1.82, 2.24) is 4.90 Å². The summed E-state index contributed by atoms with van der Waals surface area (Å²) in [7, 11) is 8.53. The fourth-order valence-corrected chi connectivity index (χ4v) is 3.98. The third-order valence-corrected chi connectivity index (χ3v) is 5.81. The van der Waals surface area contributed by atoms with E-state index in [4.69, 9.17) is 33.6 Å². The van der Waals surface area contributed by atoms with Gasteiger partial charge in [0.2, 0.25) is 5.75 Å². The third-order valence-electron chi connectivity index (χ3n) is 5.81.